The van der Waals surface area contributed by atoms with E-state index in [-0.39, 0.29) is 11.4 Å². The van der Waals surface area contributed by atoms with Gasteiger partial charge < -0.3 is 15.1 Å². The maximum Gasteiger partial charge on any atom is 0.407 e. The summed E-state index contributed by atoms with van der Waals surface area (Å²) in [5.41, 5.74) is 1.13. The van der Waals surface area contributed by atoms with Gasteiger partial charge in [0.05, 0.1) is 4.92 Å². The fraction of sp³-hybridized carbons (Fsp3) is 0.308. The highest BCUT2D eigenvalue weighted by molar-refractivity contribution is 5.67. The van der Waals surface area contributed by atoms with Crippen molar-refractivity contribution in [1.82, 2.24) is 4.90 Å². The number of phenols is 1. The minimum Gasteiger partial charge on any atom is -0.502 e. The number of amides is 1. The lowest BCUT2D eigenvalue weighted by Gasteiger charge is -2.26. The van der Waals surface area contributed by atoms with Crippen molar-refractivity contribution >= 4 is 17.9 Å². The normalized spacial score (nSPS) is 17.2. The molecule has 1 heterocycles. The summed E-state index contributed by atoms with van der Waals surface area (Å²) in [4.78, 5) is 22.3. The van der Waals surface area contributed by atoms with Gasteiger partial charge in [-0.3, -0.25) is 10.1 Å². The molecule has 1 amide bonds. The maximum absolute atomic E-state index is 10.9. The number of phenolic OH excluding ortho intramolecular Hbond substituents is 1. The molecule has 0 unspecified atom stereocenters. The third kappa shape index (κ3) is 3.05. The molecule has 1 aromatic rings. The predicted molar refractivity (Wildman–Crippen MR) is 71.6 cm³/mol. The van der Waals surface area contributed by atoms with Gasteiger partial charge in [-0.2, -0.15) is 0 Å². The largest absolute Gasteiger partial charge is 0.502 e. The van der Waals surface area contributed by atoms with Crippen LogP contribution in [0.5, 0.6) is 5.75 Å². The Hall–Kier alpha value is -2.57. The lowest BCUT2D eigenvalue weighted by molar-refractivity contribution is -0.385. The van der Waals surface area contributed by atoms with E-state index >= 15 is 0 Å². The summed E-state index contributed by atoms with van der Waals surface area (Å²) in [6, 6.07) is 4.11. The van der Waals surface area contributed by atoms with Crippen LogP contribution in [0, 0.1) is 10.1 Å². The number of hydrogen-bond donors (Lipinski definition) is 2. The van der Waals surface area contributed by atoms with Crippen LogP contribution in [0.2, 0.25) is 0 Å². The first kappa shape index (κ1) is 13.9. The smallest absolute Gasteiger partial charge is 0.407 e. The van der Waals surface area contributed by atoms with Crippen LogP contribution in [0.3, 0.4) is 0 Å². The van der Waals surface area contributed by atoms with E-state index in [0.29, 0.717) is 18.7 Å². The van der Waals surface area contributed by atoms with Crippen LogP contribution in [0.15, 0.2) is 23.8 Å². The molecule has 1 aliphatic heterocycles. The molecule has 0 atom stereocenters. The van der Waals surface area contributed by atoms with Crippen molar-refractivity contribution in [3.05, 3.63) is 39.4 Å². The molecule has 0 saturated carbocycles. The van der Waals surface area contributed by atoms with Crippen molar-refractivity contribution in [2.24, 2.45) is 0 Å². The average molecular weight is 278 g/mol. The molecule has 0 aliphatic carbocycles. The summed E-state index contributed by atoms with van der Waals surface area (Å²) < 4.78 is 0. The SMILES string of the molecule is O=C(O)N1CCC/C(=C/c2ccc(O)c([N+](=O)[O-])c2)C1. The topological polar surface area (TPSA) is 104 Å². The number of hydrogen-bond acceptors (Lipinski definition) is 4. The fourth-order valence-electron chi connectivity index (χ4n) is 2.19. The molecule has 0 bridgehead atoms. The van der Waals surface area contributed by atoms with Gasteiger partial charge in [0.15, 0.2) is 5.75 Å². The van der Waals surface area contributed by atoms with Gasteiger partial charge in [0.25, 0.3) is 0 Å². The number of nitro groups is 1. The number of piperidine rings is 1. The second-order valence-electron chi connectivity index (χ2n) is 4.62. The fourth-order valence-corrected chi connectivity index (χ4v) is 2.19. The van der Waals surface area contributed by atoms with Gasteiger partial charge in [0.2, 0.25) is 0 Å². The van der Waals surface area contributed by atoms with E-state index in [4.69, 9.17) is 5.11 Å². The Kier molecular flexibility index (Phi) is 3.88. The maximum atomic E-state index is 10.9. The highest BCUT2D eigenvalue weighted by Crippen LogP contribution is 2.28. The van der Waals surface area contributed by atoms with Gasteiger partial charge in [-0.25, -0.2) is 4.79 Å². The molecule has 1 aromatic carbocycles. The number of nitro benzene ring substituents is 1. The quantitative estimate of drug-likeness (QED) is 0.638. The molecule has 0 spiro atoms. The Morgan fingerprint density at radius 3 is 2.85 bits per heavy atom. The molecule has 2 rings (SSSR count). The standard InChI is InChI=1S/C13H14N2O5/c16-12-4-3-9(7-11(12)15(19)20)6-10-2-1-5-14(8-10)13(17)18/h3-4,6-7,16H,1-2,5,8H2,(H,17,18)/b10-6-. The van der Waals surface area contributed by atoms with Crippen LogP contribution in [-0.4, -0.2) is 39.2 Å². The summed E-state index contributed by atoms with van der Waals surface area (Å²) in [6.07, 6.45) is 2.27. The monoisotopic (exact) mass is 278 g/mol. The Labute approximate surface area is 114 Å². The van der Waals surface area contributed by atoms with Crippen LogP contribution >= 0.6 is 0 Å². The predicted octanol–water partition coefficient (Wildman–Crippen LogP) is 2.46. The van der Waals surface area contributed by atoms with E-state index in [1.807, 2.05) is 0 Å². The number of aromatic hydroxyl groups is 1. The van der Waals surface area contributed by atoms with Crippen molar-refractivity contribution in [3.63, 3.8) is 0 Å². The number of likely N-dealkylation sites (tertiary alicyclic amines) is 1. The zero-order valence-corrected chi connectivity index (χ0v) is 10.7. The van der Waals surface area contributed by atoms with E-state index in [1.54, 1.807) is 12.1 Å². The van der Waals surface area contributed by atoms with Gasteiger partial charge in [-0.15, -0.1) is 0 Å². The van der Waals surface area contributed by atoms with E-state index in [1.165, 1.54) is 17.0 Å². The van der Waals surface area contributed by atoms with Crippen molar-refractivity contribution in [2.75, 3.05) is 13.1 Å². The van der Waals surface area contributed by atoms with E-state index in [2.05, 4.69) is 0 Å². The second-order valence-corrected chi connectivity index (χ2v) is 4.62. The molecular formula is C13H14N2O5. The zero-order chi connectivity index (χ0) is 14.7. The van der Waals surface area contributed by atoms with Gasteiger partial charge in [-0.1, -0.05) is 17.7 Å². The van der Waals surface area contributed by atoms with Crippen LogP contribution in [0.25, 0.3) is 6.08 Å². The average Bonchev–Trinajstić information content (AvgIpc) is 2.41. The number of benzene rings is 1. The lowest BCUT2D eigenvalue weighted by atomic mass is 10.0. The van der Waals surface area contributed by atoms with Crippen LogP contribution in [0.1, 0.15) is 18.4 Å². The number of carbonyl (C=O) groups is 1. The molecule has 1 aliphatic rings. The summed E-state index contributed by atoms with van der Waals surface area (Å²) in [5.74, 6) is -0.382. The van der Waals surface area contributed by atoms with Crippen LogP contribution in [0.4, 0.5) is 10.5 Å². The minimum absolute atomic E-state index is 0.310. The van der Waals surface area contributed by atoms with Gasteiger partial charge in [-0.05, 0) is 24.5 Å². The molecule has 1 saturated heterocycles. The van der Waals surface area contributed by atoms with Gasteiger partial charge in [0, 0.05) is 19.2 Å². The molecule has 1 fully saturated rings. The summed E-state index contributed by atoms with van der Waals surface area (Å²) in [5, 5.41) is 29.1. The van der Waals surface area contributed by atoms with Gasteiger partial charge >= 0.3 is 11.8 Å². The molecule has 106 valence electrons. The number of nitrogens with zero attached hydrogens (tertiary/aromatic N) is 2. The highest BCUT2D eigenvalue weighted by atomic mass is 16.6. The van der Waals surface area contributed by atoms with E-state index < -0.39 is 11.0 Å². The van der Waals surface area contributed by atoms with Crippen LogP contribution < -0.4 is 0 Å². The summed E-state index contributed by atoms with van der Waals surface area (Å²) >= 11 is 0. The first-order valence-electron chi connectivity index (χ1n) is 6.12. The minimum atomic E-state index is -0.965. The number of carboxylic acid groups (broad SMARTS) is 1. The Balaban J connectivity index is 2.24. The molecule has 7 heteroatoms. The highest BCUT2D eigenvalue weighted by Gasteiger charge is 2.19. The molecule has 20 heavy (non-hydrogen) atoms. The third-order valence-corrected chi connectivity index (χ3v) is 3.16. The van der Waals surface area contributed by atoms with Crippen LogP contribution in [-0.2, 0) is 0 Å². The molecule has 0 aromatic heterocycles. The van der Waals surface area contributed by atoms with Crippen molar-refractivity contribution < 1.29 is 19.9 Å². The molecule has 7 nitrogen and oxygen atoms in total. The lowest BCUT2D eigenvalue weighted by Crippen LogP contribution is -2.35. The molecule has 0 radical (unpaired) electrons. The first-order valence-corrected chi connectivity index (χ1v) is 6.12. The summed E-state index contributed by atoms with van der Waals surface area (Å²) in [6.45, 7) is 0.812. The van der Waals surface area contributed by atoms with E-state index in [0.717, 1.165) is 18.4 Å². The molecule has 2 N–H and O–H groups in total. The van der Waals surface area contributed by atoms with Gasteiger partial charge in [0.1, 0.15) is 0 Å². The van der Waals surface area contributed by atoms with E-state index in [9.17, 15) is 20.0 Å². The second kappa shape index (κ2) is 5.60. The first-order chi connectivity index (χ1) is 9.47. The molecular weight excluding hydrogens is 264 g/mol. The van der Waals surface area contributed by atoms with Crippen molar-refractivity contribution in [3.8, 4) is 5.75 Å². The zero-order valence-electron chi connectivity index (χ0n) is 10.7. The Morgan fingerprint density at radius 2 is 2.20 bits per heavy atom. The third-order valence-electron chi connectivity index (χ3n) is 3.16. The Bertz CT molecular complexity index is 582. The summed E-state index contributed by atoms with van der Waals surface area (Å²) in [7, 11) is 0. The van der Waals surface area contributed by atoms with Crippen molar-refractivity contribution in [2.45, 2.75) is 12.8 Å². The number of rotatable bonds is 2. The Morgan fingerprint density at radius 1 is 1.45 bits per heavy atom. The van der Waals surface area contributed by atoms with Crippen molar-refractivity contribution in [1.29, 1.82) is 0 Å².